The summed E-state index contributed by atoms with van der Waals surface area (Å²) in [6, 6.07) is 6.61. The zero-order valence-corrected chi connectivity index (χ0v) is 14.1. The van der Waals surface area contributed by atoms with E-state index in [9.17, 15) is 22.8 Å². The second kappa shape index (κ2) is 8.56. The quantitative estimate of drug-likeness (QED) is 0.413. The lowest BCUT2D eigenvalue weighted by molar-refractivity contribution is -0.165. The molecule has 1 aliphatic heterocycles. The Balaban J connectivity index is 0.000000294. The number of amides is 1. The van der Waals surface area contributed by atoms with Gasteiger partial charge in [-0.15, -0.1) is 0 Å². The molecule has 142 valence electrons. The van der Waals surface area contributed by atoms with E-state index in [0.717, 1.165) is 0 Å². The highest BCUT2D eigenvalue weighted by atomic mass is 32.2. The SMILES string of the molecule is NC(=O)C1=Cc2ccccc2S(=O)(=O)CC1.O=C(O)[C@H](O)[C@@H](O)C(=O)O. The first kappa shape index (κ1) is 21.3. The Hall–Kier alpha value is -2.76. The molecule has 0 aromatic heterocycles. The molecule has 0 bridgehead atoms. The number of carboxylic acid groups (broad SMARTS) is 2. The van der Waals surface area contributed by atoms with E-state index in [4.69, 9.17) is 26.2 Å². The van der Waals surface area contributed by atoms with E-state index in [1.165, 1.54) is 0 Å². The highest BCUT2D eigenvalue weighted by Crippen LogP contribution is 2.25. The number of primary amides is 1. The number of nitrogens with two attached hydrogens (primary N) is 1. The van der Waals surface area contributed by atoms with Crippen molar-refractivity contribution in [3.8, 4) is 0 Å². The van der Waals surface area contributed by atoms with Gasteiger partial charge in [0, 0.05) is 5.57 Å². The maximum atomic E-state index is 11.9. The average molecular weight is 387 g/mol. The number of carbonyl (C=O) groups excluding carboxylic acids is 1. The standard InChI is InChI=1S/C11H11NO3S.C4H6O6/c12-11(13)9-5-6-16(14,15)10-4-2-1-3-8(10)7-9;5-1(3(7)8)2(6)4(9)10/h1-4,7H,5-6H2,(H2,12,13);1-2,5-6H,(H,7,8)(H,9,10)/t;1-,2-/m.1/s1. The van der Waals surface area contributed by atoms with Crippen molar-refractivity contribution in [1.29, 1.82) is 0 Å². The maximum Gasteiger partial charge on any atom is 0.335 e. The summed E-state index contributed by atoms with van der Waals surface area (Å²) in [5.74, 6) is -4.17. The summed E-state index contributed by atoms with van der Waals surface area (Å²) in [7, 11) is -3.30. The summed E-state index contributed by atoms with van der Waals surface area (Å²) in [4.78, 5) is 30.9. The monoisotopic (exact) mass is 387 g/mol. The predicted molar refractivity (Wildman–Crippen MR) is 87.6 cm³/mol. The fourth-order valence-electron chi connectivity index (χ4n) is 1.96. The molecule has 2 rings (SSSR count). The minimum absolute atomic E-state index is 0.0706. The summed E-state index contributed by atoms with van der Waals surface area (Å²) >= 11 is 0. The Bertz CT molecular complexity index is 826. The number of aliphatic hydroxyl groups excluding tert-OH is 2. The average Bonchev–Trinajstić information content (AvgIpc) is 2.70. The van der Waals surface area contributed by atoms with Gasteiger partial charge in [-0.2, -0.15) is 0 Å². The van der Waals surface area contributed by atoms with Crippen LogP contribution in [0.2, 0.25) is 0 Å². The van der Waals surface area contributed by atoms with Gasteiger partial charge in [-0.1, -0.05) is 18.2 Å². The largest absolute Gasteiger partial charge is 0.479 e. The third kappa shape index (κ3) is 5.37. The van der Waals surface area contributed by atoms with Crippen molar-refractivity contribution in [3.05, 3.63) is 35.4 Å². The van der Waals surface area contributed by atoms with Crippen molar-refractivity contribution in [1.82, 2.24) is 0 Å². The molecule has 0 radical (unpaired) electrons. The van der Waals surface area contributed by atoms with E-state index in [1.54, 1.807) is 30.3 Å². The fourth-order valence-corrected chi connectivity index (χ4v) is 3.44. The van der Waals surface area contributed by atoms with E-state index < -0.39 is 39.9 Å². The zero-order chi connectivity index (χ0) is 20.1. The van der Waals surface area contributed by atoms with Crippen molar-refractivity contribution in [2.45, 2.75) is 23.5 Å². The van der Waals surface area contributed by atoms with Gasteiger partial charge in [-0.25, -0.2) is 18.0 Å². The van der Waals surface area contributed by atoms with Crippen LogP contribution in [0.25, 0.3) is 6.08 Å². The highest BCUT2D eigenvalue weighted by Gasteiger charge is 2.29. The lowest BCUT2D eigenvalue weighted by atomic mass is 10.1. The lowest BCUT2D eigenvalue weighted by Gasteiger charge is -2.07. The van der Waals surface area contributed by atoms with Crippen LogP contribution < -0.4 is 5.73 Å². The van der Waals surface area contributed by atoms with Crippen molar-refractivity contribution in [2.24, 2.45) is 5.73 Å². The molecule has 0 unspecified atom stereocenters. The molecule has 0 aliphatic carbocycles. The Morgan fingerprint density at radius 3 is 1.96 bits per heavy atom. The number of sulfone groups is 1. The Labute approximate surface area is 148 Å². The highest BCUT2D eigenvalue weighted by molar-refractivity contribution is 7.91. The van der Waals surface area contributed by atoms with Crippen LogP contribution in [-0.2, 0) is 24.2 Å². The molecule has 1 amide bonds. The molecule has 6 N–H and O–H groups in total. The van der Waals surface area contributed by atoms with Gasteiger partial charge in [-0.05, 0) is 24.1 Å². The topological polar surface area (TPSA) is 192 Å². The number of benzene rings is 1. The second-order valence-electron chi connectivity index (χ2n) is 5.21. The smallest absolute Gasteiger partial charge is 0.335 e. The molecular formula is C15H17NO9S. The third-order valence-electron chi connectivity index (χ3n) is 3.35. The van der Waals surface area contributed by atoms with Gasteiger partial charge in [0.1, 0.15) is 0 Å². The molecule has 1 aromatic carbocycles. The molecule has 1 aromatic rings. The van der Waals surface area contributed by atoms with E-state index in [2.05, 4.69) is 0 Å². The molecule has 0 saturated heterocycles. The Kier molecular flexibility index (Phi) is 7.01. The molecule has 2 atom stereocenters. The number of aliphatic hydroxyl groups is 2. The molecule has 0 saturated carbocycles. The molecule has 1 heterocycles. The molecule has 11 heteroatoms. The van der Waals surface area contributed by atoms with Crippen LogP contribution in [0.4, 0.5) is 0 Å². The van der Waals surface area contributed by atoms with Gasteiger partial charge in [0.2, 0.25) is 5.91 Å². The maximum absolute atomic E-state index is 11.9. The predicted octanol–water partition coefficient (Wildman–Crippen LogP) is -1.39. The molecule has 1 aliphatic rings. The van der Waals surface area contributed by atoms with Gasteiger partial charge < -0.3 is 26.2 Å². The number of rotatable bonds is 4. The van der Waals surface area contributed by atoms with Gasteiger partial charge in [0.05, 0.1) is 10.6 Å². The molecule has 0 spiro atoms. The summed E-state index contributed by atoms with van der Waals surface area (Å²) < 4.78 is 23.8. The zero-order valence-electron chi connectivity index (χ0n) is 13.3. The number of hydrogen-bond acceptors (Lipinski definition) is 7. The van der Waals surface area contributed by atoms with Gasteiger partial charge >= 0.3 is 11.9 Å². The first-order valence-corrected chi connectivity index (χ1v) is 8.76. The van der Waals surface area contributed by atoms with E-state index in [-0.39, 0.29) is 17.1 Å². The van der Waals surface area contributed by atoms with E-state index in [0.29, 0.717) is 11.1 Å². The first-order chi connectivity index (χ1) is 12.0. The number of fused-ring (bicyclic) bond motifs is 1. The van der Waals surface area contributed by atoms with Gasteiger partial charge in [0.25, 0.3) is 0 Å². The van der Waals surface area contributed by atoms with Crippen LogP contribution in [0.1, 0.15) is 12.0 Å². The van der Waals surface area contributed by atoms with Crippen molar-refractivity contribution < 1.29 is 43.2 Å². The number of aliphatic carboxylic acids is 2. The minimum atomic E-state index is -3.30. The number of carbonyl (C=O) groups is 3. The van der Waals surface area contributed by atoms with Crippen molar-refractivity contribution >= 4 is 33.8 Å². The molecular weight excluding hydrogens is 370 g/mol. The van der Waals surface area contributed by atoms with Crippen molar-refractivity contribution in [3.63, 3.8) is 0 Å². The van der Waals surface area contributed by atoms with Gasteiger partial charge in [0.15, 0.2) is 22.0 Å². The minimum Gasteiger partial charge on any atom is -0.479 e. The lowest BCUT2D eigenvalue weighted by Crippen LogP contribution is -2.39. The van der Waals surface area contributed by atoms with Crippen LogP contribution in [0.3, 0.4) is 0 Å². The summed E-state index contributed by atoms with van der Waals surface area (Å²) in [5.41, 5.74) is 6.07. The summed E-state index contributed by atoms with van der Waals surface area (Å²) in [6.07, 6.45) is -2.80. The number of carboxylic acids is 2. The summed E-state index contributed by atoms with van der Waals surface area (Å²) in [5, 5.41) is 32.5. The summed E-state index contributed by atoms with van der Waals surface area (Å²) in [6.45, 7) is 0. The number of hydrogen-bond donors (Lipinski definition) is 5. The van der Waals surface area contributed by atoms with Crippen LogP contribution in [0.15, 0.2) is 34.7 Å². The van der Waals surface area contributed by atoms with Crippen LogP contribution in [-0.4, -0.2) is 64.7 Å². The first-order valence-electron chi connectivity index (χ1n) is 7.11. The fraction of sp³-hybridized carbons (Fsp3) is 0.267. The van der Waals surface area contributed by atoms with Crippen LogP contribution in [0.5, 0.6) is 0 Å². The van der Waals surface area contributed by atoms with E-state index >= 15 is 0 Å². The molecule has 10 nitrogen and oxygen atoms in total. The Morgan fingerprint density at radius 2 is 1.50 bits per heavy atom. The second-order valence-corrected chi connectivity index (χ2v) is 7.28. The molecule has 26 heavy (non-hydrogen) atoms. The third-order valence-corrected chi connectivity index (χ3v) is 5.13. The Morgan fingerprint density at radius 1 is 1.00 bits per heavy atom. The molecule has 0 fully saturated rings. The van der Waals surface area contributed by atoms with Crippen LogP contribution >= 0.6 is 0 Å². The van der Waals surface area contributed by atoms with Crippen LogP contribution in [0, 0.1) is 0 Å². The van der Waals surface area contributed by atoms with E-state index in [1.807, 2.05) is 0 Å². The van der Waals surface area contributed by atoms with Gasteiger partial charge in [-0.3, -0.25) is 4.79 Å². The van der Waals surface area contributed by atoms with Crippen molar-refractivity contribution in [2.75, 3.05) is 5.75 Å². The normalized spacial score (nSPS) is 17.2.